The average Bonchev–Trinajstić information content (AvgIpc) is 2.80. The van der Waals surface area contributed by atoms with Crippen molar-refractivity contribution in [2.75, 3.05) is 0 Å². The van der Waals surface area contributed by atoms with E-state index < -0.39 is 0 Å². The van der Waals surface area contributed by atoms with Crippen LogP contribution in [0.2, 0.25) is 0 Å². The van der Waals surface area contributed by atoms with Crippen molar-refractivity contribution in [2.24, 2.45) is 0 Å². The molecule has 0 saturated heterocycles. The minimum atomic E-state index is 0.697. The molecule has 21 heavy (non-hydrogen) atoms. The molecule has 1 heterocycles. The summed E-state index contributed by atoms with van der Waals surface area (Å²) in [5.74, 6) is 1.55. The second kappa shape index (κ2) is 5.21. The number of hydrogen-bond donors (Lipinski definition) is 0. The van der Waals surface area contributed by atoms with E-state index in [1.165, 1.54) is 22.3 Å². The molecule has 0 radical (unpaired) electrons. The molecular weight excluding hydrogens is 258 g/mol. The summed E-state index contributed by atoms with van der Waals surface area (Å²) in [6.07, 6.45) is 0. The highest BCUT2D eigenvalue weighted by Gasteiger charge is 2.18. The molecule has 2 heteroatoms. The maximum absolute atomic E-state index is 5.88. The van der Waals surface area contributed by atoms with Crippen molar-refractivity contribution >= 4 is 0 Å². The van der Waals surface area contributed by atoms with Crippen molar-refractivity contribution < 1.29 is 4.42 Å². The van der Waals surface area contributed by atoms with E-state index in [1.54, 1.807) is 0 Å². The van der Waals surface area contributed by atoms with Crippen molar-refractivity contribution in [1.82, 2.24) is 4.98 Å². The van der Waals surface area contributed by atoms with Crippen LogP contribution >= 0.6 is 0 Å². The summed E-state index contributed by atoms with van der Waals surface area (Å²) in [6, 6.07) is 14.6. The zero-order valence-electron chi connectivity index (χ0n) is 12.9. The summed E-state index contributed by atoms with van der Waals surface area (Å²) in [4.78, 5) is 4.64. The van der Waals surface area contributed by atoms with Gasteiger partial charge in [0.05, 0.1) is 0 Å². The van der Waals surface area contributed by atoms with E-state index >= 15 is 0 Å². The Bertz CT molecular complexity index is 762. The zero-order chi connectivity index (χ0) is 15.0. The third-order valence-corrected chi connectivity index (χ3v) is 3.68. The van der Waals surface area contributed by atoms with Gasteiger partial charge in [-0.05, 0) is 31.9 Å². The number of aryl methyl sites for hydroxylation is 4. The molecular formula is C19H19NO. The van der Waals surface area contributed by atoms with Gasteiger partial charge in [-0.1, -0.05) is 48.0 Å². The van der Waals surface area contributed by atoms with Crippen LogP contribution in [-0.4, -0.2) is 4.98 Å². The highest BCUT2D eigenvalue weighted by Crippen LogP contribution is 2.36. The van der Waals surface area contributed by atoms with Crippen LogP contribution in [0.1, 0.15) is 22.6 Å². The largest absolute Gasteiger partial charge is 0.440 e. The predicted octanol–water partition coefficient (Wildman–Crippen LogP) is 5.24. The monoisotopic (exact) mass is 277 g/mol. The molecule has 0 aliphatic heterocycles. The zero-order valence-corrected chi connectivity index (χ0v) is 12.9. The van der Waals surface area contributed by atoms with Crippen molar-refractivity contribution in [2.45, 2.75) is 27.7 Å². The van der Waals surface area contributed by atoms with Gasteiger partial charge in [-0.25, -0.2) is 4.98 Å². The first-order valence-electron chi connectivity index (χ1n) is 7.17. The van der Waals surface area contributed by atoms with E-state index in [0.29, 0.717) is 5.89 Å². The standard InChI is InChI=1S/C19H19NO/c1-12-10-13(2)17(14(3)11-12)18-19(21-15(4)20-18)16-8-6-5-7-9-16/h5-11H,1-4H3. The van der Waals surface area contributed by atoms with Crippen LogP contribution in [0.3, 0.4) is 0 Å². The summed E-state index contributed by atoms with van der Waals surface area (Å²) in [5, 5.41) is 0. The highest BCUT2D eigenvalue weighted by atomic mass is 16.4. The number of oxazole rings is 1. The van der Waals surface area contributed by atoms with Crippen molar-refractivity contribution in [3.63, 3.8) is 0 Å². The lowest BCUT2D eigenvalue weighted by atomic mass is 9.95. The third kappa shape index (κ3) is 2.49. The van der Waals surface area contributed by atoms with Crippen molar-refractivity contribution in [3.8, 4) is 22.6 Å². The van der Waals surface area contributed by atoms with Gasteiger partial charge in [-0.3, -0.25) is 0 Å². The number of benzene rings is 2. The fourth-order valence-electron chi connectivity index (χ4n) is 2.94. The quantitative estimate of drug-likeness (QED) is 0.640. The maximum atomic E-state index is 5.88. The average molecular weight is 277 g/mol. The van der Waals surface area contributed by atoms with Gasteiger partial charge >= 0.3 is 0 Å². The van der Waals surface area contributed by atoms with E-state index in [-0.39, 0.29) is 0 Å². The Morgan fingerprint density at radius 2 is 1.48 bits per heavy atom. The van der Waals surface area contributed by atoms with E-state index in [1.807, 2.05) is 25.1 Å². The molecule has 0 aliphatic carbocycles. The molecule has 0 spiro atoms. The van der Waals surface area contributed by atoms with Crippen molar-refractivity contribution in [3.05, 3.63) is 65.0 Å². The number of hydrogen-bond acceptors (Lipinski definition) is 2. The first-order chi connectivity index (χ1) is 10.1. The number of rotatable bonds is 2. The SMILES string of the molecule is Cc1cc(C)c(-c2nc(C)oc2-c2ccccc2)c(C)c1. The molecule has 1 aromatic heterocycles. The lowest BCUT2D eigenvalue weighted by molar-refractivity contribution is 0.534. The van der Waals surface area contributed by atoms with E-state index in [9.17, 15) is 0 Å². The van der Waals surface area contributed by atoms with Crippen LogP contribution in [0.5, 0.6) is 0 Å². The Balaban J connectivity index is 2.26. The molecule has 3 rings (SSSR count). The summed E-state index contributed by atoms with van der Waals surface area (Å²) in [6.45, 7) is 8.28. The van der Waals surface area contributed by atoms with Gasteiger partial charge in [-0.15, -0.1) is 0 Å². The Hall–Kier alpha value is -2.35. The topological polar surface area (TPSA) is 26.0 Å². The molecule has 0 aliphatic rings. The molecule has 0 fully saturated rings. The van der Waals surface area contributed by atoms with Gasteiger partial charge in [0.25, 0.3) is 0 Å². The van der Waals surface area contributed by atoms with Gasteiger partial charge in [0.1, 0.15) is 5.69 Å². The van der Waals surface area contributed by atoms with E-state index in [4.69, 9.17) is 4.42 Å². The molecule has 0 unspecified atom stereocenters. The fraction of sp³-hybridized carbons (Fsp3) is 0.211. The van der Waals surface area contributed by atoms with Crippen LogP contribution in [0.4, 0.5) is 0 Å². The number of aromatic nitrogens is 1. The Morgan fingerprint density at radius 3 is 2.10 bits per heavy atom. The first-order valence-corrected chi connectivity index (χ1v) is 7.17. The molecule has 3 aromatic rings. The highest BCUT2D eigenvalue weighted by molar-refractivity contribution is 5.80. The molecule has 2 aromatic carbocycles. The predicted molar refractivity (Wildman–Crippen MR) is 86.3 cm³/mol. The lowest BCUT2D eigenvalue weighted by Gasteiger charge is -2.10. The van der Waals surface area contributed by atoms with Crippen LogP contribution in [0.25, 0.3) is 22.6 Å². The maximum Gasteiger partial charge on any atom is 0.192 e. The molecule has 0 amide bonds. The van der Waals surface area contributed by atoms with Gasteiger partial charge < -0.3 is 4.42 Å². The Labute approximate surface area is 125 Å². The van der Waals surface area contributed by atoms with Gasteiger partial charge in [0.2, 0.25) is 0 Å². The molecule has 0 bridgehead atoms. The summed E-state index contributed by atoms with van der Waals surface area (Å²) >= 11 is 0. The lowest BCUT2D eigenvalue weighted by Crippen LogP contribution is -1.92. The molecule has 0 saturated carbocycles. The van der Waals surface area contributed by atoms with E-state index in [0.717, 1.165) is 17.0 Å². The molecule has 106 valence electrons. The summed E-state index contributed by atoms with van der Waals surface area (Å²) in [5.41, 5.74) is 6.92. The number of nitrogens with zero attached hydrogens (tertiary/aromatic N) is 1. The van der Waals surface area contributed by atoms with Crippen molar-refractivity contribution in [1.29, 1.82) is 0 Å². The normalized spacial score (nSPS) is 10.9. The molecule has 0 N–H and O–H groups in total. The smallest absolute Gasteiger partial charge is 0.192 e. The van der Waals surface area contributed by atoms with Gasteiger partial charge in [0, 0.05) is 18.1 Å². The van der Waals surface area contributed by atoms with Gasteiger partial charge in [0.15, 0.2) is 11.7 Å². The first kappa shape index (κ1) is 13.6. The Morgan fingerprint density at radius 1 is 0.857 bits per heavy atom. The minimum Gasteiger partial charge on any atom is -0.440 e. The van der Waals surface area contributed by atoms with Crippen LogP contribution in [0.15, 0.2) is 46.9 Å². The van der Waals surface area contributed by atoms with Gasteiger partial charge in [-0.2, -0.15) is 0 Å². The minimum absolute atomic E-state index is 0.697. The van der Waals surface area contributed by atoms with E-state index in [2.05, 4.69) is 50.0 Å². The second-order valence-corrected chi connectivity index (χ2v) is 5.55. The molecule has 0 atom stereocenters. The van der Waals surface area contributed by atoms with Crippen LogP contribution in [0, 0.1) is 27.7 Å². The Kier molecular flexibility index (Phi) is 3.38. The second-order valence-electron chi connectivity index (χ2n) is 5.55. The third-order valence-electron chi connectivity index (χ3n) is 3.68. The van der Waals surface area contributed by atoms with Crippen LogP contribution in [-0.2, 0) is 0 Å². The summed E-state index contributed by atoms with van der Waals surface area (Å²) < 4.78 is 5.88. The van der Waals surface area contributed by atoms with Crippen LogP contribution < -0.4 is 0 Å². The summed E-state index contributed by atoms with van der Waals surface area (Å²) in [7, 11) is 0. The fourth-order valence-corrected chi connectivity index (χ4v) is 2.94. The molecule has 2 nitrogen and oxygen atoms in total.